The topological polar surface area (TPSA) is 58.2 Å². The van der Waals surface area contributed by atoms with Gasteiger partial charge in [0.05, 0.1) is 6.04 Å². The third-order valence-electron chi connectivity index (χ3n) is 4.51. The second-order valence-corrected chi connectivity index (χ2v) is 6.38. The molecule has 0 aliphatic heterocycles. The Balaban J connectivity index is 1.93. The fourth-order valence-electron chi connectivity index (χ4n) is 3.03. The number of carbonyl (C=O) groups excluding carboxylic acids is 2. The summed E-state index contributed by atoms with van der Waals surface area (Å²) in [6, 6.07) is 7.23. The number of amides is 1. The molecule has 1 fully saturated rings. The molecule has 1 aromatic rings. The molecule has 0 saturated heterocycles. The van der Waals surface area contributed by atoms with Gasteiger partial charge >= 0.3 is 0 Å². The van der Waals surface area contributed by atoms with Crippen LogP contribution in [0.3, 0.4) is 0 Å². The van der Waals surface area contributed by atoms with E-state index in [0.29, 0.717) is 23.2 Å². The molecule has 2 N–H and O–H groups in total. The first-order valence-electron chi connectivity index (χ1n) is 8.15. The summed E-state index contributed by atoms with van der Waals surface area (Å²) >= 11 is 0. The van der Waals surface area contributed by atoms with Gasteiger partial charge in [0.25, 0.3) is 0 Å². The highest BCUT2D eigenvalue weighted by molar-refractivity contribution is 5.98. The van der Waals surface area contributed by atoms with Crippen LogP contribution in [0.5, 0.6) is 0 Å². The van der Waals surface area contributed by atoms with Crippen LogP contribution in [0.1, 0.15) is 56.8 Å². The lowest BCUT2D eigenvalue weighted by Gasteiger charge is -2.31. The lowest BCUT2D eigenvalue weighted by molar-refractivity contribution is -0.118. The van der Waals surface area contributed by atoms with Gasteiger partial charge in [-0.1, -0.05) is 31.9 Å². The van der Waals surface area contributed by atoms with E-state index in [1.165, 1.54) is 26.2 Å². The summed E-state index contributed by atoms with van der Waals surface area (Å²) in [5.74, 6) is 0.557. The van der Waals surface area contributed by atoms with E-state index in [2.05, 4.69) is 17.6 Å². The van der Waals surface area contributed by atoms with Gasteiger partial charge in [-0.2, -0.15) is 0 Å². The van der Waals surface area contributed by atoms with Gasteiger partial charge < -0.3 is 10.6 Å². The predicted molar refractivity (Wildman–Crippen MR) is 89.1 cm³/mol. The molecule has 4 nitrogen and oxygen atoms in total. The van der Waals surface area contributed by atoms with E-state index >= 15 is 0 Å². The van der Waals surface area contributed by atoms with Crippen LogP contribution in [-0.2, 0) is 4.79 Å². The van der Waals surface area contributed by atoms with Gasteiger partial charge in [-0.15, -0.1) is 0 Å². The first kappa shape index (κ1) is 16.7. The molecule has 1 saturated carbocycles. The molecule has 0 radical (unpaired) electrons. The van der Waals surface area contributed by atoms with Crippen molar-refractivity contribution in [1.82, 2.24) is 5.32 Å². The van der Waals surface area contributed by atoms with Crippen molar-refractivity contribution in [1.29, 1.82) is 0 Å². The number of Topliss-reactive ketones (excluding diaryl/α,β-unsaturated/α-hetero) is 1. The molecule has 120 valence electrons. The van der Waals surface area contributed by atoms with Crippen LogP contribution in [0, 0.1) is 5.92 Å². The van der Waals surface area contributed by atoms with Gasteiger partial charge in [-0.25, -0.2) is 0 Å². The number of hydrogen-bond donors (Lipinski definition) is 2. The fraction of sp³-hybridized carbons (Fsp3) is 0.556. The van der Waals surface area contributed by atoms with Gasteiger partial charge in [0.15, 0.2) is 5.78 Å². The summed E-state index contributed by atoms with van der Waals surface area (Å²) < 4.78 is 0. The summed E-state index contributed by atoms with van der Waals surface area (Å²) in [5.41, 5.74) is 1.28. The summed E-state index contributed by atoms with van der Waals surface area (Å²) in [6.45, 7) is 5.67. The van der Waals surface area contributed by atoms with Crippen LogP contribution >= 0.6 is 0 Å². The SMILES string of the molecule is CC(=O)c1cccc(NC(=O)[C@H](C)N[C@H]2CCCC[C@@H]2C)c1. The zero-order chi connectivity index (χ0) is 16.1. The quantitative estimate of drug-likeness (QED) is 0.820. The average Bonchev–Trinajstić information content (AvgIpc) is 2.49. The van der Waals surface area contributed by atoms with E-state index in [1.54, 1.807) is 24.3 Å². The third-order valence-corrected chi connectivity index (χ3v) is 4.51. The highest BCUT2D eigenvalue weighted by atomic mass is 16.2. The maximum absolute atomic E-state index is 12.3. The zero-order valence-corrected chi connectivity index (χ0v) is 13.7. The Hall–Kier alpha value is -1.68. The van der Waals surface area contributed by atoms with Gasteiger partial charge in [0, 0.05) is 17.3 Å². The summed E-state index contributed by atoms with van der Waals surface area (Å²) in [4.78, 5) is 23.7. The van der Waals surface area contributed by atoms with Crippen molar-refractivity contribution in [2.45, 2.75) is 58.5 Å². The van der Waals surface area contributed by atoms with Crippen LogP contribution in [0.2, 0.25) is 0 Å². The number of hydrogen-bond acceptors (Lipinski definition) is 3. The molecule has 1 amide bonds. The van der Waals surface area contributed by atoms with Crippen LogP contribution < -0.4 is 10.6 Å². The monoisotopic (exact) mass is 302 g/mol. The van der Waals surface area contributed by atoms with Gasteiger partial charge in [0.1, 0.15) is 0 Å². The van der Waals surface area contributed by atoms with Crippen molar-refractivity contribution in [2.75, 3.05) is 5.32 Å². The first-order chi connectivity index (χ1) is 10.5. The molecule has 1 aliphatic carbocycles. The van der Waals surface area contributed by atoms with Crippen molar-refractivity contribution in [3.63, 3.8) is 0 Å². The summed E-state index contributed by atoms with van der Waals surface area (Å²) in [5, 5.41) is 6.33. The van der Waals surface area contributed by atoms with Crippen LogP contribution in [-0.4, -0.2) is 23.8 Å². The Morgan fingerprint density at radius 1 is 1.23 bits per heavy atom. The van der Waals surface area contributed by atoms with Crippen LogP contribution in [0.25, 0.3) is 0 Å². The third kappa shape index (κ3) is 4.41. The second kappa shape index (κ2) is 7.54. The lowest BCUT2D eigenvalue weighted by atomic mass is 9.85. The Kier molecular flexibility index (Phi) is 5.72. The number of rotatable bonds is 5. The summed E-state index contributed by atoms with van der Waals surface area (Å²) in [6.07, 6.45) is 4.89. The zero-order valence-electron chi connectivity index (χ0n) is 13.7. The molecule has 0 aromatic heterocycles. The van der Waals surface area contributed by atoms with E-state index < -0.39 is 0 Å². The molecule has 0 unspecified atom stereocenters. The van der Waals surface area contributed by atoms with Crippen molar-refractivity contribution >= 4 is 17.4 Å². The van der Waals surface area contributed by atoms with Crippen molar-refractivity contribution in [3.8, 4) is 0 Å². The highest BCUT2D eigenvalue weighted by Gasteiger charge is 2.24. The molecule has 2 rings (SSSR count). The predicted octanol–water partition coefficient (Wildman–Crippen LogP) is 3.38. The molecule has 0 spiro atoms. The minimum absolute atomic E-state index is 0.00157. The van der Waals surface area contributed by atoms with E-state index in [-0.39, 0.29) is 17.7 Å². The molecule has 0 heterocycles. The van der Waals surface area contributed by atoms with Crippen molar-refractivity contribution in [2.24, 2.45) is 5.92 Å². The van der Waals surface area contributed by atoms with Crippen LogP contribution in [0.15, 0.2) is 24.3 Å². The maximum Gasteiger partial charge on any atom is 0.241 e. The Morgan fingerprint density at radius 2 is 1.95 bits per heavy atom. The minimum atomic E-state index is -0.244. The number of ketones is 1. The van der Waals surface area contributed by atoms with Gasteiger partial charge in [-0.3, -0.25) is 9.59 Å². The molecule has 3 atom stereocenters. The summed E-state index contributed by atoms with van der Waals surface area (Å²) in [7, 11) is 0. The minimum Gasteiger partial charge on any atom is -0.325 e. The van der Waals surface area contributed by atoms with E-state index in [4.69, 9.17) is 0 Å². The molecule has 1 aliphatic rings. The number of benzene rings is 1. The lowest BCUT2D eigenvalue weighted by Crippen LogP contribution is -2.47. The van der Waals surface area contributed by atoms with E-state index in [9.17, 15) is 9.59 Å². The number of carbonyl (C=O) groups is 2. The molecular formula is C18H26N2O2. The molecule has 22 heavy (non-hydrogen) atoms. The Labute approximate surface area is 132 Å². The first-order valence-corrected chi connectivity index (χ1v) is 8.15. The van der Waals surface area contributed by atoms with E-state index in [1.807, 2.05) is 6.92 Å². The average molecular weight is 302 g/mol. The van der Waals surface area contributed by atoms with Crippen molar-refractivity contribution < 1.29 is 9.59 Å². The second-order valence-electron chi connectivity index (χ2n) is 6.38. The van der Waals surface area contributed by atoms with Crippen LogP contribution in [0.4, 0.5) is 5.69 Å². The normalized spacial score (nSPS) is 22.9. The number of anilines is 1. The van der Waals surface area contributed by atoms with Crippen molar-refractivity contribution in [3.05, 3.63) is 29.8 Å². The fourth-order valence-corrected chi connectivity index (χ4v) is 3.03. The standard InChI is InChI=1S/C18H26N2O2/c1-12-7-4-5-10-17(12)19-13(2)18(22)20-16-9-6-8-15(11-16)14(3)21/h6,8-9,11-13,17,19H,4-5,7,10H2,1-3H3,(H,20,22)/t12-,13-,17-/m0/s1. The Morgan fingerprint density at radius 3 is 2.64 bits per heavy atom. The van der Waals surface area contributed by atoms with Gasteiger partial charge in [0.2, 0.25) is 5.91 Å². The smallest absolute Gasteiger partial charge is 0.241 e. The molecule has 0 bridgehead atoms. The maximum atomic E-state index is 12.3. The van der Waals surface area contributed by atoms with Gasteiger partial charge in [-0.05, 0) is 44.7 Å². The molecule has 4 heteroatoms. The molecular weight excluding hydrogens is 276 g/mol. The molecule has 1 aromatic carbocycles. The number of nitrogens with one attached hydrogen (secondary N) is 2. The van der Waals surface area contributed by atoms with E-state index in [0.717, 1.165) is 6.42 Å². The largest absolute Gasteiger partial charge is 0.325 e. The highest BCUT2D eigenvalue weighted by Crippen LogP contribution is 2.24. The Bertz CT molecular complexity index is 542.